The van der Waals surface area contributed by atoms with Crippen LogP contribution in [0.5, 0.6) is 0 Å². The second-order valence-corrected chi connectivity index (χ2v) is 9.35. The number of urea groups is 1. The van der Waals surface area contributed by atoms with E-state index in [9.17, 15) is 13.2 Å². The van der Waals surface area contributed by atoms with Crippen molar-refractivity contribution in [3.8, 4) is 0 Å². The van der Waals surface area contributed by atoms with Gasteiger partial charge in [0.15, 0.2) is 0 Å². The van der Waals surface area contributed by atoms with Crippen LogP contribution in [0.1, 0.15) is 50.8 Å². The number of aromatic nitrogens is 1. The Bertz CT molecular complexity index is 928. The normalized spacial score (nSPS) is 16.4. The number of para-hydroxylation sites is 1. The van der Waals surface area contributed by atoms with Crippen molar-refractivity contribution in [1.29, 1.82) is 0 Å². The average Bonchev–Trinajstić information content (AvgIpc) is 2.74. The van der Waals surface area contributed by atoms with Gasteiger partial charge in [0, 0.05) is 19.3 Å². The molecule has 1 saturated carbocycles. The van der Waals surface area contributed by atoms with Crippen LogP contribution in [0, 0.1) is 0 Å². The molecule has 1 aromatic carbocycles. The Labute approximate surface area is 172 Å². The third-order valence-electron chi connectivity index (χ3n) is 5.36. The maximum absolute atomic E-state index is 13.2. The van der Waals surface area contributed by atoms with Crippen molar-refractivity contribution >= 4 is 21.7 Å². The number of hydrogen-bond acceptors (Lipinski definition) is 4. The summed E-state index contributed by atoms with van der Waals surface area (Å²) in [5.74, 6) is 0. The summed E-state index contributed by atoms with van der Waals surface area (Å²) in [7, 11) is -2.09. The Morgan fingerprint density at radius 3 is 2.48 bits per heavy atom. The molecule has 2 aromatic rings. The minimum atomic E-state index is -3.72. The molecule has 1 unspecified atom stereocenters. The molecule has 2 amide bonds. The average molecular weight is 417 g/mol. The number of nitrogens with zero attached hydrogens (tertiary/aromatic N) is 2. The number of carbonyl (C=O) groups excluding carboxylic acids is 1. The van der Waals surface area contributed by atoms with Crippen molar-refractivity contribution in [3.63, 3.8) is 0 Å². The van der Waals surface area contributed by atoms with Crippen molar-refractivity contribution in [2.75, 3.05) is 12.4 Å². The summed E-state index contributed by atoms with van der Waals surface area (Å²) in [5.41, 5.74) is 0.987. The molecule has 0 spiro atoms. The van der Waals surface area contributed by atoms with Gasteiger partial charge in [-0.1, -0.05) is 37.5 Å². The molecule has 7 nitrogen and oxygen atoms in total. The summed E-state index contributed by atoms with van der Waals surface area (Å²) >= 11 is 0. The number of rotatable bonds is 6. The first-order valence-corrected chi connectivity index (χ1v) is 11.4. The van der Waals surface area contributed by atoms with Crippen LogP contribution >= 0.6 is 0 Å². The topological polar surface area (TPSA) is 91.4 Å². The van der Waals surface area contributed by atoms with Gasteiger partial charge in [-0.15, -0.1) is 0 Å². The molecule has 2 N–H and O–H groups in total. The van der Waals surface area contributed by atoms with Crippen molar-refractivity contribution in [1.82, 2.24) is 14.6 Å². The Morgan fingerprint density at radius 2 is 1.79 bits per heavy atom. The first-order chi connectivity index (χ1) is 13.9. The van der Waals surface area contributed by atoms with Gasteiger partial charge in [0.25, 0.3) is 0 Å². The lowest BCUT2D eigenvalue weighted by atomic mass is 9.96. The minimum absolute atomic E-state index is 0.000176. The van der Waals surface area contributed by atoms with Gasteiger partial charge in [0.05, 0.1) is 17.4 Å². The molecule has 0 saturated heterocycles. The molecule has 1 aliphatic rings. The second kappa shape index (κ2) is 9.37. The number of hydrogen-bond donors (Lipinski definition) is 2. The SMILES string of the molecule is CC(NC(=O)Nc1ccccc1S(=O)(=O)N(C)C1CCCCC1)c1ccccn1. The number of anilines is 1. The predicted octanol–water partition coefficient (Wildman–Crippen LogP) is 3.92. The third kappa shape index (κ3) is 5.13. The highest BCUT2D eigenvalue weighted by atomic mass is 32.2. The van der Waals surface area contributed by atoms with E-state index in [0.29, 0.717) is 0 Å². The summed E-state index contributed by atoms with van der Waals surface area (Å²) in [6, 6.07) is 11.2. The molecule has 1 aliphatic carbocycles. The van der Waals surface area contributed by atoms with E-state index < -0.39 is 16.1 Å². The van der Waals surface area contributed by atoms with Crippen LogP contribution < -0.4 is 10.6 Å². The standard InChI is InChI=1S/C21H28N4O3S/c1-16(18-12-8-9-15-22-18)23-21(26)24-19-13-6-7-14-20(19)29(27,28)25(2)17-10-4-3-5-11-17/h6-9,12-17H,3-5,10-11H2,1-2H3,(H2,23,24,26). The van der Waals surface area contributed by atoms with Gasteiger partial charge in [-0.3, -0.25) is 4.98 Å². The minimum Gasteiger partial charge on any atom is -0.330 e. The van der Waals surface area contributed by atoms with Gasteiger partial charge in [-0.25, -0.2) is 13.2 Å². The molecule has 29 heavy (non-hydrogen) atoms. The summed E-state index contributed by atoms with van der Waals surface area (Å²) in [6.07, 6.45) is 6.63. The maximum Gasteiger partial charge on any atom is 0.319 e. The summed E-state index contributed by atoms with van der Waals surface area (Å²) in [4.78, 5) is 16.8. The Kier molecular flexibility index (Phi) is 6.87. The van der Waals surface area contributed by atoms with Crippen LogP contribution in [0.25, 0.3) is 0 Å². The number of pyridine rings is 1. The molecule has 0 bridgehead atoms. The number of carbonyl (C=O) groups is 1. The summed E-state index contributed by atoms with van der Waals surface area (Å²) in [5, 5.41) is 5.49. The second-order valence-electron chi connectivity index (χ2n) is 7.38. The quantitative estimate of drug-likeness (QED) is 0.747. The monoisotopic (exact) mass is 416 g/mol. The van der Waals surface area contributed by atoms with Gasteiger partial charge in [-0.05, 0) is 44.0 Å². The Hall–Kier alpha value is -2.45. The Balaban J connectivity index is 1.75. The highest BCUT2D eigenvalue weighted by Gasteiger charge is 2.31. The van der Waals surface area contributed by atoms with Gasteiger partial charge in [0.2, 0.25) is 10.0 Å². The molecule has 1 fully saturated rings. The highest BCUT2D eigenvalue weighted by Crippen LogP contribution is 2.29. The van der Waals surface area contributed by atoms with Crippen LogP contribution in [0.15, 0.2) is 53.6 Å². The predicted molar refractivity (Wildman–Crippen MR) is 113 cm³/mol. The van der Waals surface area contributed by atoms with E-state index in [1.54, 1.807) is 37.5 Å². The Morgan fingerprint density at radius 1 is 1.10 bits per heavy atom. The smallest absolute Gasteiger partial charge is 0.319 e. The van der Waals surface area contributed by atoms with Crippen molar-refractivity contribution in [2.24, 2.45) is 0 Å². The van der Waals surface area contributed by atoms with Gasteiger partial charge in [-0.2, -0.15) is 4.31 Å². The fraction of sp³-hybridized carbons (Fsp3) is 0.429. The molecule has 1 heterocycles. The zero-order valence-electron chi connectivity index (χ0n) is 16.8. The van der Waals surface area contributed by atoms with E-state index in [1.807, 2.05) is 19.1 Å². The van der Waals surface area contributed by atoms with Gasteiger partial charge in [0.1, 0.15) is 4.90 Å². The van der Waals surface area contributed by atoms with Crippen LogP contribution in [0.2, 0.25) is 0 Å². The molecular formula is C21H28N4O3S. The first-order valence-electron chi connectivity index (χ1n) is 9.95. The van der Waals surface area contributed by atoms with E-state index in [-0.39, 0.29) is 22.7 Å². The van der Waals surface area contributed by atoms with Gasteiger partial charge >= 0.3 is 6.03 Å². The lowest BCUT2D eigenvalue weighted by Crippen LogP contribution is -2.39. The lowest BCUT2D eigenvalue weighted by Gasteiger charge is -2.31. The third-order valence-corrected chi connectivity index (χ3v) is 7.33. The fourth-order valence-electron chi connectivity index (χ4n) is 3.65. The van der Waals surface area contributed by atoms with Crippen LogP contribution in [0.3, 0.4) is 0 Å². The van der Waals surface area contributed by atoms with E-state index in [0.717, 1.165) is 37.8 Å². The molecule has 156 valence electrons. The van der Waals surface area contributed by atoms with Crippen molar-refractivity contribution in [2.45, 2.75) is 56.0 Å². The molecule has 8 heteroatoms. The molecule has 1 atom stereocenters. The summed E-state index contributed by atoms with van der Waals surface area (Å²) < 4.78 is 27.9. The van der Waals surface area contributed by atoms with Crippen molar-refractivity contribution in [3.05, 3.63) is 54.4 Å². The number of benzene rings is 1. The molecule has 0 radical (unpaired) electrons. The highest BCUT2D eigenvalue weighted by molar-refractivity contribution is 7.89. The number of amides is 2. The maximum atomic E-state index is 13.2. The van der Waals surface area contributed by atoms with Crippen LogP contribution in [-0.4, -0.2) is 36.8 Å². The van der Waals surface area contributed by atoms with Crippen molar-refractivity contribution < 1.29 is 13.2 Å². The zero-order valence-corrected chi connectivity index (χ0v) is 17.7. The van der Waals surface area contributed by atoms with E-state index >= 15 is 0 Å². The molecule has 0 aliphatic heterocycles. The zero-order chi connectivity index (χ0) is 20.9. The molecule has 3 rings (SSSR count). The first kappa shape index (κ1) is 21.3. The molecular weight excluding hydrogens is 388 g/mol. The molecule has 1 aromatic heterocycles. The number of sulfonamides is 1. The number of nitrogens with one attached hydrogen (secondary N) is 2. The van der Waals surface area contributed by atoms with Gasteiger partial charge < -0.3 is 10.6 Å². The fourth-order valence-corrected chi connectivity index (χ4v) is 5.21. The van der Waals surface area contributed by atoms with E-state index in [2.05, 4.69) is 15.6 Å². The van der Waals surface area contributed by atoms with Crippen LogP contribution in [-0.2, 0) is 10.0 Å². The lowest BCUT2D eigenvalue weighted by molar-refractivity contribution is 0.249. The summed E-state index contributed by atoms with van der Waals surface area (Å²) in [6.45, 7) is 1.82. The van der Waals surface area contributed by atoms with E-state index in [4.69, 9.17) is 0 Å². The largest absolute Gasteiger partial charge is 0.330 e. The van der Waals surface area contributed by atoms with E-state index in [1.165, 1.54) is 10.4 Å². The van der Waals surface area contributed by atoms with Crippen LogP contribution in [0.4, 0.5) is 10.5 Å².